The molecule has 4 rings (SSSR count). The average Bonchev–Trinajstić information content (AvgIpc) is 3.07. The maximum Gasteiger partial charge on any atom is 0.276 e. The van der Waals surface area contributed by atoms with E-state index in [1.807, 2.05) is 24.3 Å². The number of fused-ring (bicyclic) bond motifs is 1. The van der Waals surface area contributed by atoms with Gasteiger partial charge in [0.25, 0.3) is 11.5 Å². The molecule has 27 heavy (non-hydrogen) atoms. The first-order valence-electron chi connectivity index (χ1n) is 8.94. The van der Waals surface area contributed by atoms with E-state index in [9.17, 15) is 9.59 Å². The molecule has 2 aromatic heterocycles. The fourth-order valence-electron chi connectivity index (χ4n) is 3.32. The van der Waals surface area contributed by atoms with Crippen molar-refractivity contribution in [2.45, 2.75) is 6.92 Å². The van der Waals surface area contributed by atoms with Crippen LogP contribution in [0.2, 0.25) is 0 Å². The summed E-state index contributed by atoms with van der Waals surface area (Å²) in [6.07, 6.45) is 1.69. The zero-order valence-electron chi connectivity index (χ0n) is 15.4. The van der Waals surface area contributed by atoms with Gasteiger partial charge in [-0.3, -0.25) is 9.59 Å². The number of aryl methyl sites for hydroxylation is 1. The van der Waals surface area contributed by atoms with Crippen LogP contribution in [0.1, 0.15) is 16.2 Å². The predicted octanol–water partition coefficient (Wildman–Crippen LogP) is 1.34. The first kappa shape index (κ1) is 17.3. The molecule has 3 aromatic rings. The minimum absolute atomic E-state index is 0.208. The summed E-state index contributed by atoms with van der Waals surface area (Å²) < 4.78 is 1.44. The first-order valence-corrected chi connectivity index (χ1v) is 8.94. The van der Waals surface area contributed by atoms with Gasteiger partial charge in [0.15, 0.2) is 5.69 Å². The predicted molar refractivity (Wildman–Crippen MR) is 105 cm³/mol. The number of aromatic nitrogens is 3. The third-order valence-corrected chi connectivity index (χ3v) is 4.82. The van der Waals surface area contributed by atoms with E-state index >= 15 is 0 Å². The van der Waals surface area contributed by atoms with Crippen LogP contribution in [-0.2, 0) is 0 Å². The molecule has 1 aliphatic rings. The Morgan fingerprint density at radius 2 is 1.93 bits per heavy atom. The highest BCUT2D eigenvalue weighted by molar-refractivity contribution is 6.05. The zero-order valence-corrected chi connectivity index (χ0v) is 15.4. The minimum atomic E-state index is -0.336. The lowest BCUT2D eigenvalue weighted by Crippen LogP contribution is -2.44. The molecule has 8 heteroatoms. The number of anilines is 2. The number of hydrogen-bond acceptors (Lipinski definition) is 5. The average molecular weight is 366 g/mol. The second kappa shape index (κ2) is 6.88. The minimum Gasteiger partial charge on any atom is -0.367 e. The number of piperazine rings is 1. The van der Waals surface area contributed by atoms with Gasteiger partial charge in [0.2, 0.25) is 0 Å². The van der Waals surface area contributed by atoms with Crippen molar-refractivity contribution in [2.75, 3.05) is 43.4 Å². The largest absolute Gasteiger partial charge is 0.367 e. The summed E-state index contributed by atoms with van der Waals surface area (Å²) in [6.45, 7) is 5.56. The highest BCUT2D eigenvalue weighted by Gasteiger charge is 2.19. The number of carbonyl (C=O) groups is 1. The van der Waals surface area contributed by atoms with Crippen molar-refractivity contribution in [1.29, 1.82) is 0 Å². The van der Waals surface area contributed by atoms with Gasteiger partial charge in [0, 0.05) is 44.1 Å². The normalized spacial score (nSPS) is 15.3. The zero-order chi connectivity index (χ0) is 19.0. The lowest BCUT2D eigenvalue weighted by atomic mass is 10.2. The lowest BCUT2D eigenvalue weighted by molar-refractivity contribution is 0.102. The van der Waals surface area contributed by atoms with Crippen LogP contribution >= 0.6 is 0 Å². The standard InChI is InChI=1S/C19H22N6O2/c1-13-12-25-17(19(27)20-13)11-15(22-25)18(26)21-14-5-3-4-6-16(14)24-9-7-23(2)8-10-24/h3-6,11-12H,7-10H2,1-2H3,(H,20,27)(H,21,26). The van der Waals surface area contributed by atoms with E-state index < -0.39 is 0 Å². The number of carbonyl (C=O) groups excluding carboxylic acids is 1. The van der Waals surface area contributed by atoms with Gasteiger partial charge in [0.05, 0.1) is 11.4 Å². The van der Waals surface area contributed by atoms with Crippen LogP contribution in [0.15, 0.2) is 41.3 Å². The van der Waals surface area contributed by atoms with Crippen molar-refractivity contribution in [2.24, 2.45) is 0 Å². The van der Waals surface area contributed by atoms with Crippen molar-refractivity contribution >= 4 is 22.8 Å². The number of para-hydroxylation sites is 2. The summed E-state index contributed by atoms with van der Waals surface area (Å²) >= 11 is 0. The lowest BCUT2D eigenvalue weighted by Gasteiger charge is -2.35. The molecule has 1 aliphatic heterocycles. The second-order valence-electron chi connectivity index (χ2n) is 6.89. The third-order valence-electron chi connectivity index (χ3n) is 4.82. The maximum absolute atomic E-state index is 12.7. The molecule has 1 aromatic carbocycles. The monoisotopic (exact) mass is 366 g/mol. The number of nitrogens with zero attached hydrogens (tertiary/aromatic N) is 4. The number of H-pyrrole nitrogens is 1. The number of rotatable bonds is 3. The Morgan fingerprint density at radius 3 is 2.70 bits per heavy atom. The number of amides is 1. The van der Waals surface area contributed by atoms with Gasteiger partial charge in [-0.25, -0.2) is 4.52 Å². The van der Waals surface area contributed by atoms with E-state index in [-0.39, 0.29) is 17.2 Å². The third kappa shape index (κ3) is 3.43. The van der Waals surface area contributed by atoms with Crippen molar-refractivity contribution in [3.8, 4) is 0 Å². The molecular weight excluding hydrogens is 344 g/mol. The molecule has 0 unspecified atom stereocenters. The Balaban J connectivity index is 1.60. The van der Waals surface area contributed by atoms with Gasteiger partial charge in [-0.2, -0.15) is 5.10 Å². The molecule has 1 amide bonds. The van der Waals surface area contributed by atoms with Gasteiger partial charge < -0.3 is 20.1 Å². The number of aromatic amines is 1. The van der Waals surface area contributed by atoms with Crippen LogP contribution in [0.4, 0.5) is 11.4 Å². The van der Waals surface area contributed by atoms with Crippen molar-refractivity contribution < 1.29 is 4.79 Å². The first-order chi connectivity index (χ1) is 13.0. The summed E-state index contributed by atoms with van der Waals surface area (Å²) in [5.41, 5.74) is 2.71. The molecule has 0 atom stereocenters. The van der Waals surface area contributed by atoms with Crippen LogP contribution in [0.25, 0.3) is 5.52 Å². The molecule has 0 radical (unpaired) electrons. The fourth-order valence-corrected chi connectivity index (χ4v) is 3.32. The summed E-state index contributed by atoms with van der Waals surface area (Å²) in [7, 11) is 2.11. The molecule has 0 spiro atoms. The molecule has 0 bridgehead atoms. The van der Waals surface area contributed by atoms with E-state index in [1.165, 1.54) is 10.6 Å². The van der Waals surface area contributed by atoms with E-state index in [2.05, 4.69) is 32.2 Å². The molecule has 0 aliphatic carbocycles. The molecule has 2 N–H and O–H groups in total. The SMILES string of the molecule is Cc1cn2nc(C(=O)Nc3ccccc3N3CCN(C)CC3)cc2c(=O)[nH]1. The Morgan fingerprint density at radius 1 is 1.19 bits per heavy atom. The van der Waals surface area contributed by atoms with E-state index in [0.717, 1.165) is 37.6 Å². The van der Waals surface area contributed by atoms with Crippen molar-refractivity contribution in [3.63, 3.8) is 0 Å². The molecule has 3 heterocycles. The van der Waals surface area contributed by atoms with Crippen LogP contribution in [0.5, 0.6) is 0 Å². The van der Waals surface area contributed by atoms with Gasteiger partial charge >= 0.3 is 0 Å². The molecule has 8 nitrogen and oxygen atoms in total. The highest BCUT2D eigenvalue weighted by atomic mass is 16.2. The summed E-state index contributed by atoms with van der Waals surface area (Å²) in [6, 6.07) is 9.27. The van der Waals surface area contributed by atoms with E-state index in [0.29, 0.717) is 11.2 Å². The number of nitrogens with one attached hydrogen (secondary N) is 2. The number of likely N-dealkylation sites (N-methyl/N-ethyl adjacent to an activating group) is 1. The van der Waals surface area contributed by atoms with Gasteiger partial charge in [0.1, 0.15) is 5.52 Å². The molecule has 140 valence electrons. The van der Waals surface area contributed by atoms with Gasteiger partial charge in [-0.1, -0.05) is 12.1 Å². The topological polar surface area (TPSA) is 85.7 Å². The molecule has 1 saturated heterocycles. The Kier molecular flexibility index (Phi) is 4.41. The highest BCUT2D eigenvalue weighted by Crippen LogP contribution is 2.27. The summed E-state index contributed by atoms with van der Waals surface area (Å²) in [5.74, 6) is -0.336. The van der Waals surface area contributed by atoms with Crippen molar-refractivity contribution in [3.05, 3.63) is 58.3 Å². The van der Waals surface area contributed by atoms with E-state index in [4.69, 9.17) is 0 Å². The second-order valence-corrected chi connectivity index (χ2v) is 6.89. The maximum atomic E-state index is 12.7. The smallest absolute Gasteiger partial charge is 0.276 e. The molecular formula is C19H22N6O2. The Hall–Kier alpha value is -3.13. The quantitative estimate of drug-likeness (QED) is 0.731. The van der Waals surface area contributed by atoms with Crippen LogP contribution in [0.3, 0.4) is 0 Å². The summed E-state index contributed by atoms with van der Waals surface area (Å²) in [4.78, 5) is 32.0. The summed E-state index contributed by atoms with van der Waals surface area (Å²) in [5, 5.41) is 7.20. The molecule has 1 fully saturated rings. The van der Waals surface area contributed by atoms with Gasteiger partial charge in [-0.15, -0.1) is 0 Å². The van der Waals surface area contributed by atoms with Crippen molar-refractivity contribution in [1.82, 2.24) is 19.5 Å². The molecule has 0 saturated carbocycles. The van der Waals surface area contributed by atoms with Crippen LogP contribution in [-0.4, -0.2) is 58.6 Å². The van der Waals surface area contributed by atoms with Crippen LogP contribution < -0.4 is 15.8 Å². The fraction of sp³-hybridized carbons (Fsp3) is 0.316. The Bertz CT molecular complexity index is 1050. The van der Waals surface area contributed by atoms with E-state index in [1.54, 1.807) is 13.1 Å². The van der Waals surface area contributed by atoms with Gasteiger partial charge in [-0.05, 0) is 26.1 Å². The van der Waals surface area contributed by atoms with Crippen LogP contribution in [0, 0.1) is 6.92 Å². The number of hydrogen-bond donors (Lipinski definition) is 2. The number of benzene rings is 1. The Labute approximate surface area is 156 Å².